The van der Waals surface area contributed by atoms with Gasteiger partial charge in [-0.25, -0.2) is 0 Å². The molecule has 0 unspecified atom stereocenters. The van der Waals surface area contributed by atoms with Crippen molar-refractivity contribution in [2.24, 2.45) is 0 Å². The molecular weight excluding hydrogens is 350 g/mol. The van der Waals surface area contributed by atoms with Crippen molar-refractivity contribution in [3.8, 4) is 5.75 Å². The number of amides is 1. The molecule has 1 aromatic heterocycles. The van der Waals surface area contributed by atoms with E-state index in [1.807, 2.05) is 50.2 Å². The van der Waals surface area contributed by atoms with Crippen molar-refractivity contribution in [2.75, 3.05) is 0 Å². The molecule has 2 aromatic carbocycles. The van der Waals surface area contributed by atoms with Gasteiger partial charge in [0.05, 0.1) is 18.9 Å². The summed E-state index contributed by atoms with van der Waals surface area (Å²) in [6.07, 6.45) is 2.11. The molecule has 1 atom stereocenters. The fraction of sp³-hybridized carbons (Fsp3) is 0.292. The van der Waals surface area contributed by atoms with Crippen molar-refractivity contribution in [1.82, 2.24) is 5.32 Å². The van der Waals surface area contributed by atoms with E-state index >= 15 is 0 Å². The molecule has 146 valence electrons. The highest BCUT2D eigenvalue weighted by Gasteiger charge is 2.19. The predicted molar refractivity (Wildman–Crippen MR) is 110 cm³/mol. The quantitative estimate of drug-likeness (QED) is 0.586. The minimum Gasteiger partial charge on any atom is -0.491 e. The van der Waals surface area contributed by atoms with Crippen molar-refractivity contribution in [3.63, 3.8) is 0 Å². The number of nitrogens with one attached hydrogen (secondary N) is 1. The van der Waals surface area contributed by atoms with Crippen molar-refractivity contribution in [3.05, 3.63) is 89.4 Å². The molecule has 0 spiro atoms. The number of hydrogen-bond acceptors (Lipinski definition) is 3. The first-order valence-electron chi connectivity index (χ1n) is 9.63. The van der Waals surface area contributed by atoms with Gasteiger partial charge >= 0.3 is 0 Å². The van der Waals surface area contributed by atoms with E-state index in [0.29, 0.717) is 13.0 Å². The Bertz CT molecular complexity index is 865. The molecule has 4 heteroatoms. The highest BCUT2D eigenvalue weighted by Crippen LogP contribution is 2.30. The third-order valence-corrected chi connectivity index (χ3v) is 4.56. The molecule has 0 aliphatic rings. The summed E-state index contributed by atoms with van der Waals surface area (Å²) in [5.41, 5.74) is 3.41. The van der Waals surface area contributed by atoms with Crippen LogP contribution in [0.3, 0.4) is 0 Å². The van der Waals surface area contributed by atoms with Crippen molar-refractivity contribution in [1.29, 1.82) is 0 Å². The number of furan rings is 1. The third-order valence-electron chi connectivity index (χ3n) is 4.56. The second kappa shape index (κ2) is 9.27. The van der Waals surface area contributed by atoms with E-state index < -0.39 is 0 Å². The zero-order chi connectivity index (χ0) is 19.9. The number of benzene rings is 2. The van der Waals surface area contributed by atoms with Crippen LogP contribution >= 0.6 is 0 Å². The van der Waals surface area contributed by atoms with Crippen LogP contribution in [0.15, 0.2) is 71.3 Å². The van der Waals surface area contributed by atoms with Gasteiger partial charge in [0.2, 0.25) is 5.91 Å². The number of carbonyl (C=O) groups is 1. The van der Waals surface area contributed by atoms with E-state index in [4.69, 9.17) is 9.15 Å². The summed E-state index contributed by atoms with van der Waals surface area (Å²) in [7, 11) is 0. The monoisotopic (exact) mass is 377 g/mol. The van der Waals surface area contributed by atoms with E-state index in [1.54, 1.807) is 6.26 Å². The minimum atomic E-state index is -0.0229. The summed E-state index contributed by atoms with van der Waals surface area (Å²) in [4.78, 5) is 12.6. The first-order valence-corrected chi connectivity index (χ1v) is 9.63. The third kappa shape index (κ3) is 5.49. The average molecular weight is 377 g/mol. The minimum absolute atomic E-state index is 0.00974. The Morgan fingerprint density at radius 2 is 1.64 bits per heavy atom. The molecule has 3 aromatic rings. The molecule has 1 amide bonds. The molecule has 0 aliphatic heterocycles. The Hall–Kier alpha value is -3.01. The number of aryl methyl sites for hydroxylation is 1. The Kier molecular flexibility index (Phi) is 6.53. The Morgan fingerprint density at radius 3 is 2.21 bits per heavy atom. The SMILES string of the molecule is Cc1ccc([C@H](CC(=O)NCc2ccco2)c2ccc(OC(C)C)cc2)cc1. The number of hydrogen-bond donors (Lipinski definition) is 1. The van der Waals surface area contributed by atoms with Gasteiger partial charge in [0, 0.05) is 12.3 Å². The summed E-state index contributed by atoms with van der Waals surface area (Å²) >= 11 is 0. The molecule has 0 saturated heterocycles. The molecule has 1 N–H and O–H groups in total. The Morgan fingerprint density at radius 1 is 1.00 bits per heavy atom. The topological polar surface area (TPSA) is 51.5 Å². The summed E-state index contributed by atoms with van der Waals surface area (Å²) < 4.78 is 11.0. The van der Waals surface area contributed by atoms with Gasteiger partial charge in [-0.15, -0.1) is 0 Å². The Balaban J connectivity index is 1.76. The molecule has 1 heterocycles. The lowest BCUT2D eigenvalue weighted by atomic mass is 9.88. The van der Waals surface area contributed by atoms with Crippen molar-refractivity contribution >= 4 is 5.91 Å². The zero-order valence-electron chi connectivity index (χ0n) is 16.6. The molecule has 0 fully saturated rings. The Labute approximate surface area is 166 Å². The molecule has 0 radical (unpaired) electrons. The fourth-order valence-electron chi connectivity index (χ4n) is 3.13. The molecule has 4 nitrogen and oxygen atoms in total. The molecule has 0 bridgehead atoms. The summed E-state index contributed by atoms with van der Waals surface area (Å²) in [5.74, 6) is 1.55. The molecule has 28 heavy (non-hydrogen) atoms. The van der Waals surface area contributed by atoms with Crippen LogP contribution < -0.4 is 10.1 Å². The van der Waals surface area contributed by atoms with Gasteiger partial charge in [-0.1, -0.05) is 42.0 Å². The lowest BCUT2D eigenvalue weighted by Gasteiger charge is -2.19. The van der Waals surface area contributed by atoms with Crippen LogP contribution in [0.25, 0.3) is 0 Å². The molecule has 0 saturated carbocycles. The van der Waals surface area contributed by atoms with Gasteiger partial charge in [-0.2, -0.15) is 0 Å². The van der Waals surface area contributed by atoms with Crippen LogP contribution in [-0.4, -0.2) is 12.0 Å². The van der Waals surface area contributed by atoms with Crippen LogP contribution in [0.2, 0.25) is 0 Å². The van der Waals surface area contributed by atoms with Crippen LogP contribution in [0.5, 0.6) is 5.75 Å². The smallest absolute Gasteiger partial charge is 0.221 e. The van der Waals surface area contributed by atoms with Crippen molar-refractivity contribution in [2.45, 2.75) is 45.8 Å². The van der Waals surface area contributed by atoms with E-state index in [2.05, 4.69) is 36.5 Å². The zero-order valence-corrected chi connectivity index (χ0v) is 16.6. The van der Waals surface area contributed by atoms with Gasteiger partial charge in [-0.05, 0) is 56.2 Å². The van der Waals surface area contributed by atoms with Gasteiger partial charge in [0.1, 0.15) is 11.5 Å². The van der Waals surface area contributed by atoms with Gasteiger partial charge in [0.25, 0.3) is 0 Å². The summed E-state index contributed by atoms with van der Waals surface area (Å²) in [6, 6.07) is 20.1. The van der Waals surface area contributed by atoms with E-state index in [9.17, 15) is 4.79 Å². The van der Waals surface area contributed by atoms with Crippen LogP contribution in [0.4, 0.5) is 0 Å². The van der Waals surface area contributed by atoms with Crippen LogP contribution in [0.1, 0.15) is 48.6 Å². The highest BCUT2D eigenvalue weighted by atomic mass is 16.5. The molecule has 3 rings (SSSR count). The fourth-order valence-corrected chi connectivity index (χ4v) is 3.13. The van der Waals surface area contributed by atoms with Crippen LogP contribution in [0, 0.1) is 6.92 Å². The van der Waals surface area contributed by atoms with Crippen molar-refractivity contribution < 1.29 is 13.9 Å². The second-order valence-electron chi connectivity index (χ2n) is 7.26. The standard InChI is InChI=1S/C24H27NO3/c1-17(2)28-21-12-10-20(11-13-21)23(19-8-6-18(3)7-9-19)15-24(26)25-16-22-5-4-14-27-22/h4-14,17,23H,15-16H2,1-3H3,(H,25,26)/t23-/m0/s1. The van der Waals surface area contributed by atoms with E-state index in [-0.39, 0.29) is 17.9 Å². The molecular formula is C24H27NO3. The van der Waals surface area contributed by atoms with Gasteiger partial charge in [0.15, 0.2) is 0 Å². The summed E-state index contributed by atoms with van der Waals surface area (Å²) in [6.45, 7) is 6.47. The number of carbonyl (C=O) groups excluding carboxylic acids is 1. The normalized spacial score (nSPS) is 12.0. The van der Waals surface area contributed by atoms with E-state index in [1.165, 1.54) is 5.56 Å². The van der Waals surface area contributed by atoms with Gasteiger partial charge < -0.3 is 14.5 Å². The average Bonchev–Trinajstić information content (AvgIpc) is 3.19. The maximum absolute atomic E-state index is 12.6. The maximum atomic E-state index is 12.6. The van der Waals surface area contributed by atoms with E-state index in [0.717, 1.165) is 22.6 Å². The lowest BCUT2D eigenvalue weighted by Crippen LogP contribution is -2.24. The first-order chi connectivity index (χ1) is 13.5. The van der Waals surface area contributed by atoms with Crippen LogP contribution in [-0.2, 0) is 11.3 Å². The molecule has 0 aliphatic carbocycles. The maximum Gasteiger partial charge on any atom is 0.221 e. The van der Waals surface area contributed by atoms with Gasteiger partial charge in [-0.3, -0.25) is 4.79 Å². The second-order valence-corrected chi connectivity index (χ2v) is 7.26. The summed E-state index contributed by atoms with van der Waals surface area (Å²) in [5, 5.41) is 2.95. The largest absolute Gasteiger partial charge is 0.491 e. The lowest BCUT2D eigenvalue weighted by molar-refractivity contribution is -0.121. The highest BCUT2D eigenvalue weighted by molar-refractivity contribution is 5.77. The predicted octanol–water partition coefficient (Wildman–Crippen LogP) is 5.21. The number of rotatable bonds is 8. The number of ether oxygens (including phenoxy) is 1. The first kappa shape index (κ1) is 19.7.